The van der Waals surface area contributed by atoms with Gasteiger partial charge in [0.2, 0.25) is 23.6 Å². The highest BCUT2D eigenvalue weighted by atomic mass is 32.2. The number of aromatic hydroxyl groups is 1. The molecule has 46 heavy (non-hydrogen) atoms. The Morgan fingerprint density at radius 2 is 1.46 bits per heavy atom. The average molecular weight is 668 g/mol. The van der Waals surface area contributed by atoms with Gasteiger partial charge in [-0.15, -0.1) is 0 Å². The van der Waals surface area contributed by atoms with Gasteiger partial charge >= 0.3 is 5.97 Å². The molecule has 0 saturated carbocycles. The molecule has 0 heterocycles. The molecule has 5 atom stereocenters. The van der Waals surface area contributed by atoms with Crippen LogP contribution in [0.25, 0.3) is 0 Å². The van der Waals surface area contributed by atoms with Gasteiger partial charge in [-0.3, -0.25) is 19.2 Å². The summed E-state index contributed by atoms with van der Waals surface area (Å²) in [6.45, 7) is 15.9. The molecule has 0 fully saturated rings. The van der Waals surface area contributed by atoms with Crippen LogP contribution >= 0.6 is 11.8 Å². The van der Waals surface area contributed by atoms with Gasteiger partial charge in [-0.1, -0.05) is 46.8 Å². The van der Waals surface area contributed by atoms with E-state index in [1.807, 2.05) is 34.6 Å². The van der Waals surface area contributed by atoms with Crippen LogP contribution in [0.1, 0.15) is 74.3 Å². The van der Waals surface area contributed by atoms with Gasteiger partial charge in [-0.2, -0.15) is 11.8 Å². The van der Waals surface area contributed by atoms with E-state index < -0.39 is 72.0 Å². The Labute approximate surface area is 276 Å². The highest BCUT2D eigenvalue weighted by Gasteiger charge is 2.33. The molecule has 260 valence electrons. The van der Waals surface area contributed by atoms with Gasteiger partial charge in [0.05, 0.1) is 24.3 Å². The maximum Gasteiger partial charge on any atom is 0.328 e. The summed E-state index contributed by atoms with van der Waals surface area (Å²) in [6.07, 6.45) is -0.464. The molecule has 1 aromatic rings. The van der Waals surface area contributed by atoms with Crippen LogP contribution in [0, 0.1) is 5.92 Å². The molecule has 0 aliphatic rings. The quantitative estimate of drug-likeness (QED) is 0.128. The molecule has 0 radical (unpaired) electrons. The molecule has 13 nitrogen and oxygen atoms in total. The lowest BCUT2D eigenvalue weighted by molar-refractivity contribution is -0.150. The van der Waals surface area contributed by atoms with Gasteiger partial charge in [-0.05, 0) is 64.2 Å². The normalized spacial score (nSPS) is 15.2. The van der Waals surface area contributed by atoms with Gasteiger partial charge in [0, 0.05) is 10.5 Å². The Balaban J connectivity index is 2.93. The Hall–Kier alpha value is -3.36. The lowest BCUT2D eigenvalue weighted by Crippen LogP contribution is -2.57. The lowest BCUT2D eigenvalue weighted by Gasteiger charge is -2.30. The van der Waals surface area contributed by atoms with Crippen molar-refractivity contribution >= 4 is 41.4 Å². The van der Waals surface area contributed by atoms with Crippen LogP contribution < -0.4 is 27.0 Å². The van der Waals surface area contributed by atoms with Gasteiger partial charge in [-0.25, -0.2) is 4.79 Å². The number of hydrogen-bond acceptors (Lipinski definition) is 9. The maximum atomic E-state index is 13.2. The zero-order chi connectivity index (χ0) is 35.4. The van der Waals surface area contributed by atoms with E-state index >= 15 is 0 Å². The summed E-state index contributed by atoms with van der Waals surface area (Å²) < 4.78 is 5.50. The molecule has 1 aromatic carbocycles. The number of amides is 4. The van der Waals surface area contributed by atoms with E-state index in [1.165, 1.54) is 23.9 Å². The number of carbonyl (C=O) groups is 5. The summed E-state index contributed by atoms with van der Waals surface area (Å²) in [5, 5.41) is 29.5. The Morgan fingerprint density at radius 1 is 0.870 bits per heavy atom. The van der Waals surface area contributed by atoms with E-state index in [9.17, 15) is 34.2 Å². The number of ether oxygens (including phenoxy) is 1. The first-order valence-corrected chi connectivity index (χ1v) is 16.3. The number of nitrogens with two attached hydrogens (primary N) is 1. The van der Waals surface area contributed by atoms with E-state index in [0.29, 0.717) is 0 Å². The SMILES string of the molecule is CC(C)C[C@H](NC(=O)CNC(=O)[C@@H](CSC(C)(C)C)NC(=O)[C@@H](N)Cc1ccc(O)cc1)C(=O)N[C@H](C(=O)O)[C@@H](C)OC(C)(C)C. The van der Waals surface area contributed by atoms with Crippen LogP contribution in [0.5, 0.6) is 5.75 Å². The smallest absolute Gasteiger partial charge is 0.328 e. The minimum absolute atomic E-state index is 0.0306. The molecule has 0 aliphatic heterocycles. The molecule has 0 bridgehead atoms. The molecule has 0 aromatic heterocycles. The average Bonchev–Trinajstić information content (AvgIpc) is 2.91. The summed E-state index contributed by atoms with van der Waals surface area (Å²) in [5.41, 5.74) is 6.18. The van der Waals surface area contributed by atoms with Gasteiger partial charge in [0.25, 0.3) is 0 Å². The van der Waals surface area contributed by atoms with Crippen LogP contribution in [0.3, 0.4) is 0 Å². The van der Waals surface area contributed by atoms with Gasteiger partial charge < -0.3 is 42.0 Å². The fraction of sp³-hybridized carbons (Fsp3) is 0.656. The number of phenols is 1. The van der Waals surface area contributed by atoms with Crippen molar-refractivity contribution < 1.29 is 38.9 Å². The third kappa shape index (κ3) is 16.3. The van der Waals surface area contributed by atoms with E-state index in [-0.39, 0.29) is 35.0 Å². The number of aliphatic carboxylic acids is 1. The van der Waals surface area contributed by atoms with Crippen molar-refractivity contribution in [1.29, 1.82) is 0 Å². The number of carbonyl (C=O) groups excluding carboxylic acids is 4. The summed E-state index contributed by atoms with van der Waals surface area (Å²) in [5.74, 6) is -3.55. The number of carboxylic acid groups (broad SMARTS) is 1. The summed E-state index contributed by atoms with van der Waals surface area (Å²) in [7, 11) is 0. The number of carboxylic acids is 1. The van der Waals surface area contributed by atoms with Crippen molar-refractivity contribution in [3.05, 3.63) is 29.8 Å². The molecular formula is C32H53N5O8S. The predicted molar refractivity (Wildman–Crippen MR) is 178 cm³/mol. The number of thioether (sulfide) groups is 1. The fourth-order valence-electron chi connectivity index (χ4n) is 4.27. The van der Waals surface area contributed by atoms with Gasteiger partial charge in [0.15, 0.2) is 6.04 Å². The molecule has 1 rings (SSSR count). The molecule has 0 aliphatic carbocycles. The highest BCUT2D eigenvalue weighted by molar-refractivity contribution is 8.00. The third-order valence-electron chi connectivity index (χ3n) is 6.40. The number of phenolic OH excluding ortho intramolecular Hbond substituents is 1. The third-order valence-corrected chi connectivity index (χ3v) is 7.77. The summed E-state index contributed by atoms with van der Waals surface area (Å²) >= 11 is 1.44. The zero-order valence-corrected chi connectivity index (χ0v) is 29.2. The highest BCUT2D eigenvalue weighted by Crippen LogP contribution is 2.24. The second-order valence-electron chi connectivity index (χ2n) is 13.7. The Bertz CT molecular complexity index is 1180. The first-order chi connectivity index (χ1) is 21.1. The topological polar surface area (TPSA) is 209 Å². The molecular weight excluding hydrogens is 614 g/mol. The monoisotopic (exact) mass is 667 g/mol. The second-order valence-corrected chi connectivity index (χ2v) is 15.5. The van der Waals surface area contributed by atoms with E-state index in [0.717, 1.165) is 5.56 Å². The van der Waals surface area contributed by atoms with Crippen molar-refractivity contribution in [2.45, 2.75) is 116 Å². The van der Waals surface area contributed by atoms with Crippen LogP contribution in [0.4, 0.5) is 0 Å². The number of rotatable bonds is 17. The van der Waals surface area contributed by atoms with Crippen molar-refractivity contribution in [3.8, 4) is 5.75 Å². The molecule has 14 heteroatoms. The van der Waals surface area contributed by atoms with Crippen LogP contribution in [0.2, 0.25) is 0 Å². The lowest BCUT2D eigenvalue weighted by atomic mass is 10.0. The second kappa shape index (κ2) is 18.1. The minimum Gasteiger partial charge on any atom is -0.508 e. The first kappa shape index (κ1) is 40.7. The van der Waals surface area contributed by atoms with E-state index in [1.54, 1.807) is 39.8 Å². The minimum atomic E-state index is -1.36. The Kier molecular flexibility index (Phi) is 16.0. The van der Waals surface area contributed by atoms with Crippen LogP contribution in [0.15, 0.2) is 24.3 Å². The Morgan fingerprint density at radius 3 is 1.96 bits per heavy atom. The zero-order valence-electron chi connectivity index (χ0n) is 28.4. The first-order valence-electron chi connectivity index (χ1n) is 15.3. The van der Waals surface area contributed by atoms with E-state index in [4.69, 9.17) is 10.5 Å². The fourth-order valence-corrected chi connectivity index (χ4v) is 5.17. The van der Waals surface area contributed by atoms with Crippen molar-refractivity contribution in [3.63, 3.8) is 0 Å². The molecule has 0 saturated heterocycles. The number of benzene rings is 1. The van der Waals surface area contributed by atoms with Crippen LogP contribution in [-0.4, -0.2) is 92.7 Å². The largest absolute Gasteiger partial charge is 0.508 e. The molecule has 0 unspecified atom stereocenters. The van der Waals surface area contributed by atoms with Gasteiger partial charge in [0.1, 0.15) is 17.8 Å². The summed E-state index contributed by atoms with van der Waals surface area (Å²) in [6, 6.07) is 1.87. The van der Waals surface area contributed by atoms with E-state index in [2.05, 4.69) is 21.3 Å². The number of nitrogens with one attached hydrogen (secondary N) is 4. The molecule has 0 spiro atoms. The standard InChI is InChI=1S/C32H53N5O8S/c1-18(2)14-23(29(42)37-26(30(43)44)19(3)45-31(4,5)6)35-25(39)16-34-28(41)24(17-46-32(7,8)9)36-27(40)22(33)15-20-10-12-21(38)13-11-20/h10-13,18-19,22-24,26,38H,14-17,33H2,1-9H3,(H,34,41)(H,35,39)(H,36,40)(H,37,42)(H,43,44)/t19-,22+,23+,24-,26+/m1/s1. The maximum absolute atomic E-state index is 13.2. The molecule has 8 N–H and O–H groups in total. The van der Waals surface area contributed by atoms with Crippen molar-refractivity contribution in [1.82, 2.24) is 21.3 Å². The number of hydrogen-bond donors (Lipinski definition) is 7. The molecule has 4 amide bonds. The predicted octanol–water partition coefficient (Wildman–Crippen LogP) is 1.70. The van der Waals surface area contributed by atoms with Crippen molar-refractivity contribution in [2.24, 2.45) is 11.7 Å². The van der Waals surface area contributed by atoms with Crippen molar-refractivity contribution in [2.75, 3.05) is 12.3 Å². The summed E-state index contributed by atoms with van der Waals surface area (Å²) in [4.78, 5) is 64.1. The van der Waals surface area contributed by atoms with Crippen LogP contribution in [-0.2, 0) is 35.1 Å².